The minimum Gasteiger partial charge on any atom is -0.493 e. The topological polar surface area (TPSA) is 32.0 Å². The van der Waals surface area contributed by atoms with Crippen molar-refractivity contribution in [3.05, 3.63) is 88.3 Å². The quantitative estimate of drug-likeness (QED) is 0.166. The fourth-order valence-corrected chi connectivity index (χ4v) is 6.19. The van der Waals surface area contributed by atoms with E-state index in [2.05, 4.69) is 81.4 Å². The van der Waals surface area contributed by atoms with Gasteiger partial charge in [-0.2, -0.15) is 5.10 Å². The minimum absolute atomic E-state index is 0.648. The lowest BCUT2D eigenvalue weighted by Gasteiger charge is -2.12. The number of rotatable bonds is 10. The second-order valence-electron chi connectivity index (χ2n) is 10.3. The first kappa shape index (κ1) is 27.1. The average Bonchev–Trinajstić information content (AvgIpc) is 3.38. The molecule has 0 aliphatic rings. The molecule has 3 aromatic carbocycles. The molecule has 0 bridgehead atoms. The van der Waals surface area contributed by atoms with Gasteiger partial charge >= 0.3 is 0 Å². The molecule has 2 aromatic heterocycles. The number of benzene rings is 3. The van der Waals surface area contributed by atoms with E-state index >= 15 is 0 Å². The molecule has 0 aliphatic carbocycles. The highest BCUT2D eigenvalue weighted by molar-refractivity contribution is 6.35. The van der Waals surface area contributed by atoms with Crippen LogP contribution in [0.1, 0.15) is 54.9 Å². The van der Waals surface area contributed by atoms with Crippen LogP contribution in [0.2, 0.25) is 5.02 Å². The zero-order chi connectivity index (χ0) is 27.7. The standard InChI is InChI=1S/C34H38ClN3O/c1-7-13-23-20-24-14-10-11-15-25(24)31(21-23)39-19-12-16-26-27-17-18-28(35)33(34(27)37(5)30(26)9-3)32-22(4)38(6)36-29(32)8-2/h9-11,14-15,17-18,20-21H,3,7-8,12-13,16,19H2,1-2,4-6H3. The fourth-order valence-electron chi connectivity index (χ4n) is 5.95. The molecule has 0 atom stereocenters. The number of aromatic nitrogens is 3. The van der Waals surface area contributed by atoms with Gasteiger partial charge in [0.05, 0.1) is 22.8 Å². The van der Waals surface area contributed by atoms with E-state index in [1.165, 1.54) is 27.3 Å². The predicted molar refractivity (Wildman–Crippen MR) is 166 cm³/mol. The number of fused-ring (bicyclic) bond motifs is 2. The van der Waals surface area contributed by atoms with Crippen molar-refractivity contribution in [3.8, 4) is 16.9 Å². The van der Waals surface area contributed by atoms with Crippen LogP contribution in [0.15, 0.2) is 55.1 Å². The van der Waals surface area contributed by atoms with Crippen molar-refractivity contribution in [2.45, 2.75) is 52.9 Å². The molecule has 0 N–H and O–H groups in total. The first-order chi connectivity index (χ1) is 18.9. The summed E-state index contributed by atoms with van der Waals surface area (Å²) in [5, 5.41) is 9.15. The Bertz CT molecular complexity index is 1670. The molecule has 0 radical (unpaired) electrons. The van der Waals surface area contributed by atoms with Gasteiger partial charge in [-0.1, -0.05) is 74.8 Å². The third kappa shape index (κ3) is 4.87. The predicted octanol–water partition coefficient (Wildman–Crippen LogP) is 8.86. The van der Waals surface area contributed by atoms with Crippen molar-refractivity contribution in [1.29, 1.82) is 0 Å². The van der Waals surface area contributed by atoms with Crippen LogP contribution in [0.3, 0.4) is 0 Å². The highest BCUT2D eigenvalue weighted by Gasteiger charge is 2.23. The number of ether oxygens (including phenoxy) is 1. The van der Waals surface area contributed by atoms with Gasteiger partial charge < -0.3 is 9.30 Å². The lowest BCUT2D eigenvalue weighted by atomic mass is 9.97. The van der Waals surface area contributed by atoms with Crippen LogP contribution in [0.4, 0.5) is 0 Å². The van der Waals surface area contributed by atoms with Gasteiger partial charge in [-0.05, 0) is 67.3 Å². The van der Waals surface area contributed by atoms with E-state index in [9.17, 15) is 0 Å². The van der Waals surface area contributed by atoms with Gasteiger partial charge in [0.1, 0.15) is 5.75 Å². The molecule has 39 heavy (non-hydrogen) atoms. The van der Waals surface area contributed by atoms with Gasteiger partial charge in [-0.15, -0.1) is 0 Å². The highest BCUT2D eigenvalue weighted by atomic mass is 35.5. The summed E-state index contributed by atoms with van der Waals surface area (Å²) < 4.78 is 10.6. The summed E-state index contributed by atoms with van der Waals surface area (Å²) in [5.41, 5.74) is 9.27. The van der Waals surface area contributed by atoms with Crippen LogP contribution in [-0.2, 0) is 33.4 Å². The Kier molecular flexibility index (Phi) is 7.86. The number of hydrogen-bond donors (Lipinski definition) is 0. The molecule has 0 aliphatic heterocycles. The number of nitrogens with zero attached hydrogens (tertiary/aromatic N) is 3. The summed E-state index contributed by atoms with van der Waals surface area (Å²) in [7, 11) is 4.11. The summed E-state index contributed by atoms with van der Waals surface area (Å²) >= 11 is 6.91. The van der Waals surface area contributed by atoms with E-state index in [0.29, 0.717) is 6.61 Å². The summed E-state index contributed by atoms with van der Waals surface area (Å²) in [6.07, 6.45) is 6.77. The maximum Gasteiger partial charge on any atom is 0.127 e. The zero-order valence-electron chi connectivity index (χ0n) is 23.8. The van der Waals surface area contributed by atoms with E-state index in [4.69, 9.17) is 21.4 Å². The molecular formula is C34H38ClN3O. The molecule has 5 rings (SSSR count). The third-order valence-corrected chi connectivity index (χ3v) is 8.21. The summed E-state index contributed by atoms with van der Waals surface area (Å²) in [4.78, 5) is 0. The smallest absolute Gasteiger partial charge is 0.127 e. The van der Waals surface area contributed by atoms with E-state index < -0.39 is 0 Å². The van der Waals surface area contributed by atoms with Crippen LogP contribution in [-0.4, -0.2) is 21.0 Å². The normalized spacial score (nSPS) is 11.5. The van der Waals surface area contributed by atoms with Gasteiger partial charge in [-0.3, -0.25) is 4.68 Å². The Morgan fingerprint density at radius 2 is 1.79 bits per heavy atom. The summed E-state index contributed by atoms with van der Waals surface area (Å²) in [6, 6.07) is 17.2. The molecule has 0 unspecified atom stereocenters. The molecule has 4 nitrogen and oxygen atoms in total. The number of aryl methyl sites for hydroxylation is 5. The van der Waals surface area contributed by atoms with Gasteiger partial charge in [0, 0.05) is 47.4 Å². The molecule has 0 saturated carbocycles. The van der Waals surface area contributed by atoms with Crippen molar-refractivity contribution in [3.63, 3.8) is 0 Å². The maximum atomic E-state index is 6.91. The van der Waals surface area contributed by atoms with Crippen molar-refractivity contribution in [2.24, 2.45) is 14.1 Å². The Labute approximate surface area is 236 Å². The zero-order valence-corrected chi connectivity index (χ0v) is 24.5. The Balaban J connectivity index is 1.47. The molecule has 5 aromatic rings. The first-order valence-electron chi connectivity index (χ1n) is 14.0. The fraction of sp³-hybridized carbons (Fsp3) is 0.324. The van der Waals surface area contributed by atoms with E-state index in [0.717, 1.165) is 76.6 Å². The number of hydrogen-bond acceptors (Lipinski definition) is 2. The SMILES string of the molecule is C=Cc1c(CCCOc2cc(CCC)cc3ccccc23)c2ccc(Cl)c(-c3c(CC)nn(C)c3C)c2n1C. The molecular weight excluding hydrogens is 502 g/mol. The van der Waals surface area contributed by atoms with E-state index in [1.807, 2.05) is 23.9 Å². The van der Waals surface area contributed by atoms with Gasteiger partial charge in [0.15, 0.2) is 0 Å². The molecule has 0 fully saturated rings. The van der Waals surface area contributed by atoms with Crippen LogP contribution in [0, 0.1) is 6.92 Å². The van der Waals surface area contributed by atoms with Crippen LogP contribution >= 0.6 is 11.6 Å². The van der Waals surface area contributed by atoms with Gasteiger partial charge in [0.2, 0.25) is 0 Å². The van der Waals surface area contributed by atoms with Crippen molar-refractivity contribution in [1.82, 2.24) is 14.3 Å². The molecule has 0 saturated heterocycles. The number of halogens is 1. The Morgan fingerprint density at radius 1 is 1.00 bits per heavy atom. The molecule has 202 valence electrons. The van der Waals surface area contributed by atoms with E-state index in [-0.39, 0.29) is 0 Å². The second kappa shape index (κ2) is 11.3. The van der Waals surface area contributed by atoms with Gasteiger partial charge in [-0.25, -0.2) is 0 Å². The van der Waals surface area contributed by atoms with E-state index in [1.54, 1.807) is 0 Å². The Hall–Kier alpha value is -3.50. The summed E-state index contributed by atoms with van der Waals surface area (Å²) in [5.74, 6) is 0.978. The first-order valence-corrected chi connectivity index (χ1v) is 14.4. The summed E-state index contributed by atoms with van der Waals surface area (Å²) in [6.45, 7) is 11.3. The molecule has 0 amide bonds. The lowest BCUT2D eigenvalue weighted by molar-refractivity contribution is 0.314. The third-order valence-electron chi connectivity index (χ3n) is 7.89. The Morgan fingerprint density at radius 3 is 2.54 bits per heavy atom. The molecule has 2 heterocycles. The van der Waals surface area contributed by atoms with Crippen LogP contribution < -0.4 is 4.74 Å². The largest absolute Gasteiger partial charge is 0.493 e. The van der Waals surface area contributed by atoms with Crippen molar-refractivity contribution in [2.75, 3.05) is 6.61 Å². The van der Waals surface area contributed by atoms with Gasteiger partial charge in [0.25, 0.3) is 0 Å². The van der Waals surface area contributed by atoms with Crippen LogP contribution in [0.25, 0.3) is 38.9 Å². The van der Waals surface area contributed by atoms with Crippen molar-refractivity contribution < 1.29 is 4.74 Å². The highest BCUT2D eigenvalue weighted by Crippen LogP contribution is 2.42. The average molecular weight is 540 g/mol. The minimum atomic E-state index is 0.648. The van der Waals surface area contributed by atoms with Crippen molar-refractivity contribution >= 4 is 39.4 Å². The molecule has 0 spiro atoms. The maximum absolute atomic E-state index is 6.91. The van der Waals surface area contributed by atoms with Crippen LogP contribution in [0.5, 0.6) is 5.75 Å². The molecule has 5 heteroatoms. The monoisotopic (exact) mass is 539 g/mol. The lowest BCUT2D eigenvalue weighted by Crippen LogP contribution is -2.02. The second-order valence-corrected chi connectivity index (χ2v) is 10.8.